The van der Waals surface area contributed by atoms with Crippen LogP contribution in [-0.2, 0) is 23.9 Å². The predicted molar refractivity (Wildman–Crippen MR) is 132 cm³/mol. The summed E-state index contributed by atoms with van der Waals surface area (Å²) >= 11 is 0. The van der Waals surface area contributed by atoms with E-state index in [1.165, 1.54) is 14.2 Å². The summed E-state index contributed by atoms with van der Waals surface area (Å²) in [6.45, 7) is 4.55. The third-order valence-corrected chi connectivity index (χ3v) is 7.24. The van der Waals surface area contributed by atoms with Crippen LogP contribution >= 0.6 is 0 Å². The molecule has 0 N–H and O–H groups in total. The fourth-order valence-corrected chi connectivity index (χ4v) is 5.40. The molecule has 182 valence electrons. The first-order valence-corrected chi connectivity index (χ1v) is 11.7. The number of benzene rings is 2. The molecule has 6 heteroatoms. The highest BCUT2D eigenvalue weighted by Crippen LogP contribution is 2.50. The van der Waals surface area contributed by atoms with Gasteiger partial charge in [-0.1, -0.05) is 66.2 Å². The summed E-state index contributed by atoms with van der Waals surface area (Å²) in [4.78, 5) is 41.4. The lowest BCUT2D eigenvalue weighted by molar-refractivity contribution is -0.168. The quantitative estimate of drug-likeness (QED) is 0.473. The number of hydrogen-bond acceptors (Lipinski definition) is 6. The minimum atomic E-state index is -1.47. The number of ether oxygens (including phenoxy) is 2. The Morgan fingerprint density at radius 2 is 1.29 bits per heavy atom. The van der Waals surface area contributed by atoms with E-state index in [1.807, 2.05) is 43.3 Å². The van der Waals surface area contributed by atoms with Gasteiger partial charge in [0.1, 0.15) is 0 Å². The monoisotopic (exact) mass is 473 g/mol. The zero-order valence-corrected chi connectivity index (χ0v) is 20.7. The molecule has 2 aromatic carbocycles. The molecule has 0 bridgehead atoms. The Labute approximate surface area is 206 Å². The highest BCUT2D eigenvalue weighted by molar-refractivity contribution is 6.04. The van der Waals surface area contributed by atoms with Crippen LogP contribution < -0.4 is 0 Å². The molecule has 1 fully saturated rings. The number of carbonyl (C=O) groups excluding carboxylic acids is 3. The number of esters is 2. The number of allylic oxidation sites excluding steroid dienone is 2. The van der Waals surface area contributed by atoms with Gasteiger partial charge in [0.15, 0.2) is 11.2 Å². The maximum Gasteiger partial charge on any atom is 0.323 e. The summed E-state index contributed by atoms with van der Waals surface area (Å²) in [6.07, 6.45) is 0.269. The highest BCUT2D eigenvalue weighted by atomic mass is 16.5. The van der Waals surface area contributed by atoms with Crippen LogP contribution in [-0.4, -0.2) is 49.9 Å². The standard InChI is InChI=1S/C29H31NO5/c1-19-17-30(26(21-11-7-5-8-12-21)22-13-9-6-10-14-22)18-25(31)20(2)24-16-29(15-23(19)24,27(32)34-3)28(33)35-4/h5-14,26H,15-18H2,1-4H3/b23-19-,24-20-. The molecule has 1 aliphatic heterocycles. The average Bonchev–Trinajstić information content (AvgIpc) is 3.30. The Morgan fingerprint density at radius 3 is 1.77 bits per heavy atom. The zero-order chi connectivity index (χ0) is 25.2. The fourth-order valence-electron chi connectivity index (χ4n) is 5.40. The fraction of sp³-hybridized carbons (Fsp3) is 0.345. The van der Waals surface area contributed by atoms with Gasteiger partial charge in [-0.2, -0.15) is 0 Å². The second kappa shape index (κ2) is 10.0. The zero-order valence-electron chi connectivity index (χ0n) is 20.7. The summed E-state index contributed by atoms with van der Waals surface area (Å²) in [5.41, 5.74) is 3.96. The largest absolute Gasteiger partial charge is 0.468 e. The highest BCUT2D eigenvalue weighted by Gasteiger charge is 2.55. The minimum Gasteiger partial charge on any atom is -0.468 e. The first-order valence-electron chi connectivity index (χ1n) is 11.7. The summed E-state index contributed by atoms with van der Waals surface area (Å²) in [5.74, 6) is -1.28. The number of nitrogens with zero attached hydrogens (tertiary/aromatic N) is 1. The molecule has 2 aromatic rings. The van der Waals surface area contributed by atoms with E-state index < -0.39 is 17.4 Å². The Balaban J connectivity index is 1.82. The maximum absolute atomic E-state index is 13.5. The minimum absolute atomic E-state index is 0.0209. The Hall–Kier alpha value is -3.51. The van der Waals surface area contributed by atoms with Crippen molar-refractivity contribution in [3.05, 3.63) is 94.1 Å². The first kappa shape index (κ1) is 24.6. The second-order valence-electron chi connectivity index (χ2n) is 9.33. The molecule has 4 rings (SSSR count). The lowest BCUT2D eigenvalue weighted by atomic mass is 9.85. The smallest absolute Gasteiger partial charge is 0.323 e. The molecule has 1 saturated carbocycles. The van der Waals surface area contributed by atoms with Crippen molar-refractivity contribution in [2.45, 2.75) is 32.7 Å². The van der Waals surface area contributed by atoms with E-state index in [2.05, 4.69) is 29.2 Å². The number of hydrogen-bond donors (Lipinski definition) is 0. The van der Waals surface area contributed by atoms with Crippen LogP contribution in [0.2, 0.25) is 0 Å². The van der Waals surface area contributed by atoms with Gasteiger partial charge in [-0.3, -0.25) is 19.3 Å². The number of Topliss-reactive ketones (excluding diaryl/α,β-unsaturated/α-hetero) is 1. The Bertz CT molecular complexity index is 1140. The average molecular weight is 474 g/mol. The Morgan fingerprint density at radius 1 is 0.800 bits per heavy atom. The molecular weight excluding hydrogens is 442 g/mol. The molecular formula is C29H31NO5. The first-order chi connectivity index (χ1) is 16.8. The van der Waals surface area contributed by atoms with Crippen molar-refractivity contribution in [2.24, 2.45) is 5.41 Å². The van der Waals surface area contributed by atoms with Gasteiger partial charge in [0, 0.05) is 13.0 Å². The summed E-state index contributed by atoms with van der Waals surface area (Å²) < 4.78 is 10.0. The van der Waals surface area contributed by atoms with Crippen molar-refractivity contribution in [2.75, 3.05) is 27.3 Å². The van der Waals surface area contributed by atoms with Gasteiger partial charge in [-0.05, 0) is 48.1 Å². The van der Waals surface area contributed by atoms with Gasteiger partial charge < -0.3 is 9.47 Å². The molecule has 2 aliphatic rings. The molecule has 0 unspecified atom stereocenters. The third-order valence-electron chi connectivity index (χ3n) is 7.24. The van der Waals surface area contributed by atoms with Crippen LogP contribution in [0.4, 0.5) is 0 Å². The third kappa shape index (κ3) is 4.46. The van der Waals surface area contributed by atoms with E-state index in [0.717, 1.165) is 27.8 Å². The number of carbonyl (C=O) groups is 3. The van der Waals surface area contributed by atoms with Crippen LogP contribution in [0.5, 0.6) is 0 Å². The van der Waals surface area contributed by atoms with Crippen LogP contribution in [0.25, 0.3) is 0 Å². The molecule has 0 spiro atoms. The number of methoxy groups -OCH3 is 2. The Kier molecular flexibility index (Phi) is 7.03. The summed E-state index contributed by atoms with van der Waals surface area (Å²) in [6, 6.07) is 20.2. The molecule has 0 amide bonds. The van der Waals surface area contributed by atoms with Gasteiger partial charge in [0.25, 0.3) is 0 Å². The number of ketones is 1. The van der Waals surface area contributed by atoms with E-state index in [-0.39, 0.29) is 31.2 Å². The van der Waals surface area contributed by atoms with Crippen molar-refractivity contribution in [3.8, 4) is 0 Å². The molecule has 1 aliphatic carbocycles. The van der Waals surface area contributed by atoms with Crippen molar-refractivity contribution < 1.29 is 23.9 Å². The maximum atomic E-state index is 13.5. The van der Waals surface area contributed by atoms with E-state index in [0.29, 0.717) is 12.1 Å². The van der Waals surface area contributed by atoms with Gasteiger partial charge in [0.05, 0.1) is 26.8 Å². The van der Waals surface area contributed by atoms with Gasteiger partial charge >= 0.3 is 11.9 Å². The predicted octanol–water partition coefficient (Wildman–Crippen LogP) is 4.42. The van der Waals surface area contributed by atoms with E-state index in [1.54, 1.807) is 6.92 Å². The number of rotatable bonds is 5. The van der Waals surface area contributed by atoms with Crippen LogP contribution in [0, 0.1) is 5.41 Å². The lowest BCUT2D eigenvalue weighted by Gasteiger charge is -2.34. The number of fused-ring (bicyclic) bond motifs is 1. The molecule has 0 atom stereocenters. The normalized spacial score (nSPS) is 22.4. The van der Waals surface area contributed by atoms with E-state index in [4.69, 9.17) is 9.47 Å². The van der Waals surface area contributed by atoms with Crippen molar-refractivity contribution in [1.29, 1.82) is 0 Å². The molecule has 0 saturated heterocycles. The summed E-state index contributed by atoms with van der Waals surface area (Å²) in [7, 11) is 2.54. The van der Waals surface area contributed by atoms with Crippen LogP contribution in [0.3, 0.4) is 0 Å². The topological polar surface area (TPSA) is 72.9 Å². The van der Waals surface area contributed by atoms with Gasteiger partial charge in [0.2, 0.25) is 0 Å². The van der Waals surface area contributed by atoms with Crippen molar-refractivity contribution in [3.63, 3.8) is 0 Å². The van der Waals surface area contributed by atoms with Crippen molar-refractivity contribution >= 4 is 17.7 Å². The van der Waals surface area contributed by atoms with Crippen molar-refractivity contribution in [1.82, 2.24) is 4.90 Å². The second-order valence-corrected chi connectivity index (χ2v) is 9.33. The lowest BCUT2D eigenvalue weighted by Crippen LogP contribution is -2.39. The SMILES string of the molecule is COC(=O)C1(C(=O)OC)CC2=C(\C)CN(C(c3ccccc3)c3ccccc3)CC(=O)/C(C)=C\2C1. The molecule has 6 nitrogen and oxygen atoms in total. The molecule has 0 aromatic heterocycles. The van der Waals surface area contributed by atoms with Gasteiger partial charge in [-0.15, -0.1) is 0 Å². The molecule has 35 heavy (non-hydrogen) atoms. The van der Waals surface area contributed by atoms with E-state index in [9.17, 15) is 14.4 Å². The summed E-state index contributed by atoms with van der Waals surface area (Å²) in [5, 5.41) is 0. The van der Waals surface area contributed by atoms with Crippen LogP contribution in [0.15, 0.2) is 83.0 Å². The van der Waals surface area contributed by atoms with Gasteiger partial charge in [-0.25, -0.2) is 0 Å². The molecule has 0 radical (unpaired) electrons. The van der Waals surface area contributed by atoms with Crippen LogP contribution in [0.1, 0.15) is 43.9 Å². The molecule has 1 heterocycles. The van der Waals surface area contributed by atoms with E-state index >= 15 is 0 Å².